The van der Waals surface area contributed by atoms with Crippen molar-refractivity contribution in [1.29, 1.82) is 0 Å². The van der Waals surface area contributed by atoms with Crippen LogP contribution in [0.25, 0.3) is 0 Å². The lowest BCUT2D eigenvalue weighted by Gasteiger charge is -2.26. The molecule has 1 heterocycles. The van der Waals surface area contributed by atoms with Crippen molar-refractivity contribution in [3.8, 4) is 0 Å². The molecule has 1 fully saturated rings. The molecule has 1 aliphatic heterocycles. The van der Waals surface area contributed by atoms with Crippen molar-refractivity contribution in [3.05, 3.63) is 64.6 Å². The third-order valence-corrected chi connectivity index (χ3v) is 5.09. The van der Waals surface area contributed by atoms with Gasteiger partial charge in [0.1, 0.15) is 5.54 Å². The quantitative estimate of drug-likeness (QED) is 0.728. The van der Waals surface area contributed by atoms with Gasteiger partial charge in [-0.05, 0) is 43.2 Å². The Morgan fingerprint density at radius 2 is 1.77 bits per heavy atom. The van der Waals surface area contributed by atoms with Crippen molar-refractivity contribution in [2.75, 3.05) is 18.0 Å². The number of halogens is 3. The van der Waals surface area contributed by atoms with E-state index in [-0.39, 0.29) is 36.8 Å². The molecule has 3 N–H and O–H groups in total. The maximum Gasteiger partial charge on any atom is 0.244 e. The molecule has 0 bridgehead atoms. The average molecular weight is 461 g/mol. The van der Waals surface area contributed by atoms with Crippen LogP contribution < -0.4 is 16.0 Å². The van der Waals surface area contributed by atoms with E-state index >= 15 is 0 Å². The lowest BCUT2D eigenvalue weighted by molar-refractivity contribution is -0.126. The fourth-order valence-corrected chi connectivity index (χ4v) is 3.28. The molecule has 0 aliphatic carbocycles. The van der Waals surface area contributed by atoms with Crippen LogP contribution in [0.5, 0.6) is 0 Å². The second-order valence-electron chi connectivity index (χ2n) is 6.45. The third-order valence-electron chi connectivity index (χ3n) is 4.56. The molecule has 2 atom stereocenters. The van der Waals surface area contributed by atoms with E-state index in [2.05, 4.69) is 38.3 Å². The molecule has 26 heavy (non-hydrogen) atoms. The summed E-state index contributed by atoms with van der Waals surface area (Å²) < 4.78 is 1.07. The Morgan fingerprint density at radius 3 is 2.38 bits per heavy atom. The standard InChI is InChI=1S/C19H22BrN3O.2ClH/c1-19(21,14-5-3-2-4-6-14)18(24)22-16-11-12-23(13-16)17-9-7-15(20)8-10-17;;/h2-10,16H,11-13,21H2,1H3,(H,22,24);2*1H. The van der Waals surface area contributed by atoms with E-state index < -0.39 is 5.54 Å². The molecular weight excluding hydrogens is 437 g/mol. The number of rotatable bonds is 4. The van der Waals surface area contributed by atoms with Crippen LogP contribution in [0.1, 0.15) is 18.9 Å². The number of carbonyl (C=O) groups excluding carboxylic acids is 1. The number of benzene rings is 2. The molecule has 7 heteroatoms. The van der Waals surface area contributed by atoms with Crippen LogP contribution in [0.4, 0.5) is 5.69 Å². The minimum Gasteiger partial charge on any atom is -0.369 e. The zero-order valence-electron chi connectivity index (χ0n) is 14.5. The zero-order chi connectivity index (χ0) is 17.2. The van der Waals surface area contributed by atoms with E-state index in [0.717, 1.165) is 29.5 Å². The first-order valence-corrected chi connectivity index (χ1v) is 8.92. The summed E-state index contributed by atoms with van der Waals surface area (Å²) >= 11 is 3.45. The summed E-state index contributed by atoms with van der Waals surface area (Å²) in [5, 5.41) is 3.11. The normalized spacial score (nSPS) is 18.3. The number of hydrogen-bond acceptors (Lipinski definition) is 3. The van der Waals surface area contributed by atoms with E-state index in [9.17, 15) is 4.79 Å². The molecule has 2 aromatic rings. The van der Waals surface area contributed by atoms with Crippen molar-refractivity contribution < 1.29 is 4.79 Å². The molecule has 142 valence electrons. The monoisotopic (exact) mass is 459 g/mol. The number of carbonyl (C=O) groups is 1. The van der Waals surface area contributed by atoms with E-state index in [4.69, 9.17) is 5.73 Å². The summed E-state index contributed by atoms with van der Waals surface area (Å²) in [6.45, 7) is 3.50. The largest absolute Gasteiger partial charge is 0.369 e. The van der Waals surface area contributed by atoms with Crippen molar-refractivity contribution in [2.24, 2.45) is 5.73 Å². The van der Waals surface area contributed by atoms with Gasteiger partial charge in [-0.15, -0.1) is 24.8 Å². The summed E-state index contributed by atoms with van der Waals surface area (Å²) in [5.74, 6) is -0.128. The molecule has 0 aromatic heterocycles. The number of amides is 1. The lowest BCUT2D eigenvalue weighted by atomic mass is 9.92. The predicted octanol–water partition coefficient (Wildman–Crippen LogP) is 3.86. The van der Waals surface area contributed by atoms with Crippen molar-refractivity contribution >= 4 is 52.3 Å². The van der Waals surface area contributed by atoms with Gasteiger partial charge in [-0.25, -0.2) is 0 Å². The Bertz CT molecular complexity index is 710. The molecule has 0 saturated carbocycles. The Balaban J connectivity index is 0.00000169. The second kappa shape index (κ2) is 9.60. The number of hydrogen-bond donors (Lipinski definition) is 2. The van der Waals surface area contributed by atoms with Crippen molar-refractivity contribution in [1.82, 2.24) is 5.32 Å². The minimum atomic E-state index is -1.02. The van der Waals surface area contributed by atoms with E-state index in [1.165, 1.54) is 5.69 Å². The van der Waals surface area contributed by atoms with Crippen LogP contribution in [-0.2, 0) is 10.3 Å². The van der Waals surface area contributed by atoms with Crippen LogP contribution in [0.3, 0.4) is 0 Å². The number of nitrogens with one attached hydrogen (secondary N) is 1. The SMILES string of the molecule is CC(N)(C(=O)NC1CCN(c2ccc(Br)cc2)C1)c1ccccc1.Cl.Cl. The van der Waals surface area contributed by atoms with Crippen LogP contribution in [-0.4, -0.2) is 25.0 Å². The van der Waals surface area contributed by atoms with Gasteiger partial charge in [0.2, 0.25) is 5.91 Å². The Morgan fingerprint density at radius 1 is 1.15 bits per heavy atom. The summed E-state index contributed by atoms with van der Waals surface area (Å²) in [6, 6.07) is 17.9. The van der Waals surface area contributed by atoms with Gasteiger partial charge in [-0.3, -0.25) is 4.79 Å². The van der Waals surface area contributed by atoms with Crippen LogP contribution >= 0.6 is 40.7 Å². The molecule has 1 amide bonds. The van der Waals surface area contributed by atoms with Gasteiger partial charge in [0, 0.05) is 29.3 Å². The third kappa shape index (κ3) is 5.13. The van der Waals surface area contributed by atoms with Gasteiger partial charge < -0.3 is 16.0 Å². The molecular formula is C19H24BrCl2N3O. The van der Waals surface area contributed by atoms with Crippen LogP contribution in [0.15, 0.2) is 59.1 Å². The van der Waals surface area contributed by atoms with E-state index in [1.807, 2.05) is 42.5 Å². The first kappa shape index (κ1) is 22.8. The van der Waals surface area contributed by atoms with Gasteiger partial charge in [-0.1, -0.05) is 46.3 Å². The molecule has 2 aromatic carbocycles. The highest BCUT2D eigenvalue weighted by Gasteiger charge is 2.33. The number of anilines is 1. The van der Waals surface area contributed by atoms with Gasteiger partial charge in [-0.2, -0.15) is 0 Å². The Kier molecular flexibility index (Phi) is 8.41. The molecule has 0 spiro atoms. The van der Waals surface area contributed by atoms with Crippen molar-refractivity contribution in [2.45, 2.75) is 24.9 Å². The summed E-state index contributed by atoms with van der Waals surface area (Å²) in [4.78, 5) is 14.9. The highest BCUT2D eigenvalue weighted by atomic mass is 79.9. The highest BCUT2D eigenvalue weighted by Crippen LogP contribution is 2.23. The van der Waals surface area contributed by atoms with Crippen LogP contribution in [0, 0.1) is 0 Å². The molecule has 1 aliphatic rings. The molecule has 1 saturated heterocycles. The van der Waals surface area contributed by atoms with Gasteiger partial charge in [0.15, 0.2) is 0 Å². The van der Waals surface area contributed by atoms with E-state index in [0.29, 0.717) is 0 Å². The predicted molar refractivity (Wildman–Crippen MR) is 115 cm³/mol. The number of nitrogens with zero attached hydrogens (tertiary/aromatic N) is 1. The zero-order valence-corrected chi connectivity index (χ0v) is 17.7. The fourth-order valence-electron chi connectivity index (χ4n) is 3.02. The second-order valence-corrected chi connectivity index (χ2v) is 7.37. The summed E-state index contributed by atoms with van der Waals surface area (Å²) in [6.07, 6.45) is 0.923. The Hall–Kier alpha value is -1.27. The first-order valence-electron chi connectivity index (χ1n) is 8.13. The molecule has 0 radical (unpaired) electrons. The van der Waals surface area contributed by atoms with Gasteiger partial charge in [0.05, 0.1) is 0 Å². The van der Waals surface area contributed by atoms with Gasteiger partial charge >= 0.3 is 0 Å². The topological polar surface area (TPSA) is 58.4 Å². The van der Waals surface area contributed by atoms with E-state index in [1.54, 1.807) is 6.92 Å². The maximum atomic E-state index is 12.6. The van der Waals surface area contributed by atoms with Crippen LogP contribution in [0.2, 0.25) is 0 Å². The fraction of sp³-hybridized carbons (Fsp3) is 0.316. The smallest absolute Gasteiger partial charge is 0.244 e. The Labute approximate surface area is 175 Å². The summed E-state index contributed by atoms with van der Waals surface area (Å²) in [7, 11) is 0. The first-order chi connectivity index (χ1) is 11.5. The number of nitrogens with two attached hydrogens (primary N) is 1. The minimum absolute atomic E-state index is 0. The molecule has 3 rings (SSSR count). The summed E-state index contributed by atoms with van der Waals surface area (Å²) in [5.41, 5.74) is 7.27. The van der Waals surface area contributed by atoms with Crippen molar-refractivity contribution in [3.63, 3.8) is 0 Å². The maximum absolute atomic E-state index is 12.6. The highest BCUT2D eigenvalue weighted by molar-refractivity contribution is 9.10. The lowest BCUT2D eigenvalue weighted by Crippen LogP contribution is -2.52. The average Bonchev–Trinajstić information content (AvgIpc) is 3.04. The molecule has 4 nitrogen and oxygen atoms in total. The molecule has 2 unspecified atom stereocenters. The van der Waals surface area contributed by atoms with Gasteiger partial charge in [0.25, 0.3) is 0 Å².